The first-order valence-electron chi connectivity index (χ1n) is 4.15. The fraction of sp³-hybridized carbons (Fsp3) is 0.875. The molecule has 1 N–H and O–H groups in total. The third kappa shape index (κ3) is 3.49. The van der Waals surface area contributed by atoms with Crippen molar-refractivity contribution in [2.24, 2.45) is 11.8 Å². The molecule has 2 heteroatoms. The van der Waals surface area contributed by atoms with Crippen molar-refractivity contribution < 1.29 is 11.3 Å². The second kappa shape index (κ2) is 4.31. The van der Waals surface area contributed by atoms with Gasteiger partial charge in [-0.1, -0.05) is 20.8 Å². The summed E-state index contributed by atoms with van der Waals surface area (Å²) >= 11 is 0. The lowest BCUT2D eigenvalue weighted by atomic mass is 9.95. The quantitative estimate of drug-likeness (QED) is 0.658. The van der Waals surface area contributed by atoms with Gasteiger partial charge >= 0.3 is 5.97 Å². The van der Waals surface area contributed by atoms with Gasteiger partial charge < -0.3 is 5.11 Å². The van der Waals surface area contributed by atoms with E-state index in [9.17, 15) is 4.79 Å². The molecule has 0 aromatic rings. The SMILES string of the molecule is [2H][C@](CC)(CC(C)C)C(=O)O. The second-order valence-electron chi connectivity index (χ2n) is 2.86. The molecule has 0 radical (unpaired) electrons. The zero-order valence-electron chi connectivity index (χ0n) is 7.85. The zero-order valence-corrected chi connectivity index (χ0v) is 6.85. The van der Waals surface area contributed by atoms with Crippen molar-refractivity contribution in [1.82, 2.24) is 0 Å². The average molecular weight is 145 g/mol. The fourth-order valence-electron chi connectivity index (χ4n) is 0.876. The van der Waals surface area contributed by atoms with E-state index in [1.54, 1.807) is 6.92 Å². The smallest absolute Gasteiger partial charge is 0.306 e. The third-order valence-electron chi connectivity index (χ3n) is 1.38. The summed E-state index contributed by atoms with van der Waals surface area (Å²) in [7, 11) is 0. The van der Waals surface area contributed by atoms with E-state index in [2.05, 4.69) is 0 Å². The van der Waals surface area contributed by atoms with Crippen LogP contribution in [0.3, 0.4) is 0 Å². The number of aliphatic carboxylic acids is 1. The Labute approximate surface area is 63.7 Å². The number of carbonyl (C=O) groups is 1. The lowest BCUT2D eigenvalue weighted by Gasteiger charge is -2.11. The normalized spacial score (nSPS) is 18.2. The summed E-state index contributed by atoms with van der Waals surface area (Å²) in [5, 5.41) is 8.69. The van der Waals surface area contributed by atoms with Crippen molar-refractivity contribution in [2.45, 2.75) is 33.6 Å². The van der Waals surface area contributed by atoms with Crippen LogP contribution < -0.4 is 0 Å². The summed E-state index contributed by atoms with van der Waals surface area (Å²) in [6.07, 6.45) is 0.805. The highest BCUT2D eigenvalue weighted by Crippen LogP contribution is 2.14. The summed E-state index contributed by atoms with van der Waals surface area (Å²) in [5.41, 5.74) is 0. The molecule has 0 saturated carbocycles. The first kappa shape index (κ1) is 7.58. The highest BCUT2D eigenvalue weighted by Gasteiger charge is 2.15. The largest absolute Gasteiger partial charge is 0.481 e. The molecular formula is C8H16O2. The van der Waals surface area contributed by atoms with Gasteiger partial charge in [-0.2, -0.15) is 0 Å². The average Bonchev–Trinajstić information content (AvgIpc) is 1.86. The van der Waals surface area contributed by atoms with Crippen LogP contribution in [0.25, 0.3) is 0 Å². The Kier molecular flexibility index (Phi) is 3.27. The Balaban J connectivity index is 4.22. The van der Waals surface area contributed by atoms with Gasteiger partial charge in [-0.15, -0.1) is 0 Å². The van der Waals surface area contributed by atoms with Crippen molar-refractivity contribution in [3.05, 3.63) is 0 Å². The summed E-state index contributed by atoms with van der Waals surface area (Å²) in [6.45, 7) is 5.60. The topological polar surface area (TPSA) is 37.3 Å². The standard InChI is InChI=1S/C8H16O2/c1-4-7(8(9)10)5-6(2)3/h6-7H,4-5H2,1-3H3,(H,9,10)/t7-/m0/s1/i7D. The van der Waals surface area contributed by atoms with Gasteiger partial charge in [0, 0.05) is 1.37 Å². The van der Waals surface area contributed by atoms with Gasteiger partial charge in [0.15, 0.2) is 0 Å². The Morgan fingerprint density at radius 2 is 2.20 bits per heavy atom. The summed E-state index contributed by atoms with van der Waals surface area (Å²) in [4.78, 5) is 10.6. The van der Waals surface area contributed by atoms with Crippen molar-refractivity contribution in [2.75, 3.05) is 0 Å². The number of carboxylic acid groups (broad SMARTS) is 1. The van der Waals surface area contributed by atoms with Gasteiger partial charge in [0.2, 0.25) is 0 Å². The number of hydrogen-bond acceptors (Lipinski definition) is 1. The van der Waals surface area contributed by atoms with Crippen LogP contribution in [-0.2, 0) is 4.79 Å². The van der Waals surface area contributed by atoms with E-state index >= 15 is 0 Å². The Morgan fingerprint density at radius 1 is 1.70 bits per heavy atom. The van der Waals surface area contributed by atoms with Crippen LogP contribution in [0.5, 0.6) is 0 Å². The predicted octanol–water partition coefficient (Wildman–Crippen LogP) is 2.14. The maximum atomic E-state index is 10.6. The van der Waals surface area contributed by atoms with E-state index in [0.29, 0.717) is 12.8 Å². The van der Waals surface area contributed by atoms with E-state index in [1.807, 2.05) is 13.8 Å². The van der Waals surface area contributed by atoms with E-state index in [0.717, 1.165) is 0 Å². The van der Waals surface area contributed by atoms with Gasteiger partial charge in [0.05, 0.1) is 5.89 Å². The molecule has 0 aliphatic rings. The van der Waals surface area contributed by atoms with E-state index in [4.69, 9.17) is 6.48 Å². The van der Waals surface area contributed by atoms with E-state index in [-0.39, 0.29) is 5.92 Å². The predicted molar refractivity (Wildman–Crippen MR) is 40.9 cm³/mol. The van der Waals surface area contributed by atoms with Gasteiger partial charge in [-0.25, -0.2) is 0 Å². The first-order valence-corrected chi connectivity index (χ1v) is 3.65. The molecule has 0 aliphatic carbocycles. The molecule has 0 aliphatic heterocycles. The zero-order chi connectivity index (χ0) is 9.07. The number of carboxylic acids is 1. The first-order chi connectivity index (χ1) is 4.92. The molecular weight excluding hydrogens is 128 g/mol. The molecule has 0 saturated heterocycles. The van der Waals surface area contributed by atoms with Crippen molar-refractivity contribution in [3.8, 4) is 0 Å². The number of rotatable bonds is 4. The molecule has 0 heterocycles. The molecule has 0 bridgehead atoms. The molecule has 0 rings (SSSR count). The van der Waals surface area contributed by atoms with Gasteiger partial charge in [-0.05, 0) is 18.8 Å². The molecule has 0 amide bonds. The minimum atomic E-state index is -1.27. The van der Waals surface area contributed by atoms with Crippen LogP contribution in [0.1, 0.15) is 35.0 Å². The molecule has 2 nitrogen and oxygen atoms in total. The van der Waals surface area contributed by atoms with Crippen molar-refractivity contribution in [3.63, 3.8) is 0 Å². The maximum absolute atomic E-state index is 10.6. The summed E-state index contributed by atoms with van der Waals surface area (Å²) in [5.74, 6) is -2.01. The molecule has 0 fully saturated rings. The highest BCUT2D eigenvalue weighted by atomic mass is 16.4. The van der Waals surface area contributed by atoms with Gasteiger partial charge in [0.1, 0.15) is 0 Å². The van der Waals surface area contributed by atoms with E-state index < -0.39 is 11.9 Å². The van der Waals surface area contributed by atoms with Crippen LogP contribution in [0.4, 0.5) is 0 Å². The van der Waals surface area contributed by atoms with Crippen LogP contribution in [0.15, 0.2) is 0 Å². The molecule has 0 spiro atoms. The van der Waals surface area contributed by atoms with Gasteiger partial charge in [0.25, 0.3) is 0 Å². The van der Waals surface area contributed by atoms with Crippen LogP contribution in [0, 0.1) is 11.8 Å². The minimum Gasteiger partial charge on any atom is -0.481 e. The maximum Gasteiger partial charge on any atom is 0.306 e. The third-order valence-corrected chi connectivity index (χ3v) is 1.38. The lowest BCUT2D eigenvalue weighted by molar-refractivity contribution is -0.142. The van der Waals surface area contributed by atoms with Crippen LogP contribution in [0.2, 0.25) is 0 Å². The Morgan fingerprint density at radius 3 is 2.30 bits per heavy atom. The Hall–Kier alpha value is -0.530. The van der Waals surface area contributed by atoms with E-state index in [1.165, 1.54) is 0 Å². The van der Waals surface area contributed by atoms with Crippen molar-refractivity contribution >= 4 is 5.97 Å². The van der Waals surface area contributed by atoms with Crippen molar-refractivity contribution in [1.29, 1.82) is 0 Å². The molecule has 0 aromatic carbocycles. The van der Waals surface area contributed by atoms with Crippen LogP contribution in [-0.4, -0.2) is 11.1 Å². The highest BCUT2D eigenvalue weighted by molar-refractivity contribution is 5.69. The lowest BCUT2D eigenvalue weighted by Crippen LogP contribution is -2.14. The molecule has 0 unspecified atom stereocenters. The summed E-state index contributed by atoms with van der Waals surface area (Å²) < 4.78 is 7.55. The minimum absolute atomic E-state index is 0.267. The summed E-state index contributed by atoms with van der Waals surface area (Å²) in [6, 6.07) is 0. The Bertz CT molecular complexity index is 145. The molecule has 1 atom stereocenters. The molecule has 60 valence electrons. The van der Waals surface area contributed by atoms with Gasteiger partial charge in [-0.3, -0.25) is 4.79 Å². The fourth-order valence-corrected chi connectivity index (χ4v) is 0.876. The second-order valence-corrected chi connectivity index (χ2v) is 2.86. The van der Waals surface area contributed by atoms with Crippen LogP contribution >= 0.6 is 0 Å². The molecule has 10 heavy (non-hydrogen) atoms. The monoisotopic (exact) mass is 145 g/mol. The molecule has 0 aromatic heterocycles. The number of hydrogen-bond donors (Lipinski definition) is 1.